The molecule has 0 atom stereocenters. The molecule has 1 aromatic carbocycles. The van der Waals surface area contributed by atoms with Gasteiger partial charge in [-0.3, -0.25) is 10.1 Å². The van der Waals surface area contributed by atoms with Gasteiger partial charge >= 0.3 is 11.6 Å². The predicted octanol–water partition coefficient (Wildman–Crippen LogP) is 4.09. The van der Waals surface area contributed by atoms with Crippen LogP contribution in [0.2, 0.25) is 0 Å². The maximum atomic E-state index is 11.5. The summed E-state index contributed by atoms with van der Waals surface area (Å²) in [5, 5.41) is 14.7. The molecular formula is C17H20N4O3. The van der Waals surface area contributed by atoms with Crippen molar-refractivity contribution in [3.8, 4) is 11.6 Å². The molecule has 3 rings (SSSR count). The van der Waals surface area contributed by atoms with Gasteiger partial charge in [-0.2, -0.15) is 4.98 Å². The number of aryl methyl sites for hydroxylation is 1. The summed E-state index contributed by atoms with van der Waals surface area (Å²) in [5.74, 6) is 0.697. The minimum absolute atomic E-state index is 0.0419. The quantitative estimate of drug-likeness (QED) is 0.634. The summed E-state index contributed by atoms with van der Waals surface area (Å²) in [5.41, 5.74) is 0.951. The normalized spacial score (nSPS) is 14.5. The topological polar surface area (TPSA) is 90.2 Å². The van der Waals surface area contributed by atoms with Gasteiger partial charge in [0.15, 0.2) is 0 Å². The Morgan fingerprint density at radius 1 is 1.25 bits per heavy atom. The van der Waals surface area contributed by atoms with Gasteiger partial charge in [-0.1, -0.05) is 31.9 Å². The number of nitrogens with one attached hydrogen (secondary N) is 1. The van der Waals surface area contributed by atoms with Crippen LogP contribution in [0.15, 0.2) is 30.6 Å². The Morgan fingerprint density at radius 3 is 2.58 bits per heavy atom. The third-order valence-electron chi connectivity index (χ3n) is 4.21. The molecule has 7 nitrogen and oxygen atoms in total. The summed E-state index contributed by atoms with van der Waals surface area (Å²) < 4.78 is 5.64. The lowest BCUT2D eigenvalue weighted by molar-refractivity contribution is -0.385. The van der Waals surface area contributed by atoms with Crippen LogP contribution in [-0.4, -0.2) is 20.9 Å². The van der Waals surface area contributed by atoms with Crippen molar-refractivity contribution in [2.24, 2.45) is 0 Å². The molecule has 0 unspecified atom stereocenters. The van der Waals surface area contributed by atoms with Crippen LogP contribution in [0.5, 0.6) is 11.6 Å². The van der Waals surface area contributed by atoms with E-state index in [2.05, 4.69) is 22.2 Å². The van der Waals surface area contributed by atoms with Crippen LogP contribution >= 0.6 is 0 Å². The fraction of sp³-hybridized carbons (Fsp3) is 0.412. The predicted molar refractivity (Wildman–Crippen MR) is 90.5 cm³/mol. The first-order valence-corrected chi connectivity index (χ1v) is 8.20. The highest BCUT2D eigenvalue weighted by Crippen LogP contribution is 2.35. The van der Waals surface area contributed by atoms with Crippen molar-refractivity contribution in [2.75, 3.05) is 5.32 Å². The highest BCUT2D eigenvalue weighted by molar-refractivity contribution is 5.62. The molecule has 1 aliphatic carbocycles. The number of rotatable bonds is 6. The van der Waals surface area contributed by atoms with Crippen LogP contribution in [-0.2, 0) is 6.42 Å². The van der Waals surface area contributed by atoms with Crippen molar-refractivity contribution >= 4 is 11.5 Å². The van der Waals surface area contributed by atoms with E-state index in [0.717, 1.165) is 32.1 Å². The smallest absolute Gasteiger partial charge is 0.373 e. The molecule has 2 aromatic rings. The third-order valence-corrected chi connectivity index (χ3v) is 4.21. The monoisotopic (exact) mass is 328 g/mol. The van der Waals surface area contributed by atoms with Gasteiger partial charge in [-0.05, 0) is 37.0 Å². The highest BCUT2D eigenvalue weighted by Gasteiger charge is 2.27. The van der Waals surface area contributed by atoms with E-state index in [1.165, 1.54) is 11.9 Å². The summed E-state index contributed by atoms with van der Waals surface area (Å²) in [6, 6.07) is 7.65. The van der Waals surface area contributed by atoms with Gasteiger partial charge in [0.2, 0.25) is 5.82 Å². The first-order valence-electron chi connectivity index (χ1n) is 8.20. The molecule has 1 N–H and O–H groups in total. The second kappa shape index (κ2) is 7.25. The largest absolute Gasteiger partial charge is 0.434 e. The van der Waals surface area contributed by atoms with Gasteiger partial charge in [-0.25, -0.2) is 4.98 Å². The molecule has 126 valence electrons. The first-order chi connectivity index (χ1) is 11.7. The zero-order chi connectivity index (χ0) is 16.9. The van der Waals surface area contributed by atoms with E-state index in [1.807, 2.05) is 12.1 Å². The molecule has 0 saturated heterocycles. The number of anilines is 1. The Hall–Kier alpha value is -2.70. The van der Waals surface area contributed by atoms with E-state index in [0.29, 0.717) is 5.75 Å². The van der Waals surface area contributed by atoms with Crippen molar-refractivity contribution in [1.82, 2.24) is 9.97 Å². The minimum Gasteiger partial charge on any atom is -0.434 e. The van der Waals surface area contributed by atoms with E-state index in [1.54, 1.807) is 12.1 Å². The lowest BCUT2D eigenvalue weighted by Crippen LogP contribution is -2.17. The molecule has 0 aliphatic heterocycles. The zero-order valence-electron chi connectivity index (χ0n) is 13.6. The Bertz CT molecular complexity index is 712. The Kier molecular flexibility index (Phi) is 4.88. The lowest BCUT2D eigenvalue weighted by atomic mass is 10.2. The molecule has 0 spiro atoms. The Labute approximate surface area is 140 Å². The Morgan fingerprint density at radius 2 is 1.96 bits per heavy atom. The number of hydrogen-bond donors (Lipinski definition) is 1. The highest BCUT2D eigenvalue weighted by atomic mass is 16.6. The molecule has 1 saturated carbocycles. The second-order valence-electron chi connectivity index (χ2n) is 5.86. The van der Waals surface area contributed by atoms with E-state index in [9.17, 15) is 10.1 Å². The number of benzene rings is 1. The summed E-state index contributed by atoms with van der Waals surface area (Å²) in [6.45, 7) is 2.06. The minimum atomic E-state index is -0.493. The van der Waals surface area contributed by atoms with E-state index in [4.69, 9.17) is 4.74 Å². The molecule has 7 heteroatoms. The zero-order valence-corrected chi connectivity index (χ0v) is 13.6. The van der Waals surface area contributed by atoms with Crippen LogP contribution in [0.4, 0.5) is 11.5 Å². The summed E-state index contributed by atoms with van der Waals surface area (Å²) in [4.78, 5) is 19.0. The molecule has 0 amide bonds. The number of ether oxygens (including phenoxy) is 1. The maximum absolute atomic E-state index is 11.5. The van der Waals surface area contributed by atoms with Crippen LogP contribution in [0.1, 0.15) is 38.2 Å². The second-order valence-corrected chi connectivity index (χ2v) is 5.86. The van der Waals surface area contributed by atoms with Crippen molar-refractivity contribution in [3.05, 3.63) is 46.3 Å². The molecule has 1 heterocycles. The molecule has 1 aliphatic rings. The summed E-state index contributed by atoms with van der Waals surface area (Å²) in [6.07, 6.45) is 6.46. The van der Waals surface area contributed by atoms with E-state index >= 15 is 0 Å². The van der Waals surface area contributed by atoms with Crippen molar-refractivity contribution in [3.63, 3.8) is 0 Å². The van der Waals surface area contributed by atoms with Gasteiger partial charge in [0, 0.05) is 6.04 Å². The Balaban J connectivity index is 1.86. The number of hydrogen-bond acceptors (Lipinski definition) is 6. The van der Waals surface area contributed by atoms with Gasteiger partial charge in [0.05, 0.1) is 4.92 Å². The summed E-state index contributed by atoms with van der Waals surface area (Å²) >= 11 is 0. The van der Waals surface area contributed by atoms with E-state index in [-0.39, 0.29) is 23.4 Å². The third kappa shape index (κ3) is 3.61. The first kappa shape index (κ1) is 16.2. The van der Waals surface area contributed by atoms with Gasteiger partial charge < -0.3 is 10.1 Å². The van der Waals surface area contributed by atoms with Crippen LogP contribution in [0.3, 0.4) is 0 Å². The van der Waals surface area contributed by atoms with E-state index < -0.39 is 4.92 Å². The fourth-order valence-electron chi connectivity index (χ4n) is 2.88. The van der Waals surface area contributed by atoms with Gasteiger partial charge in [-0.15, -0.1) is 0 Å². The summed E-state index contributed by atoms with van der Waals surface area (Å²) in [7, 11) is 0. The molecule has 0 radical (unpaired) electrons. The number of aromatic nitrogens is 2. The molecule has 0 bridgehead atoms. The fourth-order valence-corrected chi connectivity index (χ4v) is 2.88. The SMILES string of the molecule is CCc1ccc(Oc2ncnc(NC3CCCC3)c2[N+](=O)[O-])cc1. The number of nitrogens with zero attached hydrogens (tertiary/aromatic N) is 3. The lowest BCUT2D eigenvalue weighted by Gasteiger charge is -2.13. The average molecular weight is 328 g/mol. The standard InChI is InChI=1S/C17H20N4O3/c1-2-12-7-9-14(10-8-12)24-17-15(21(22)23)16(18-11-19-17)20-13-5-3-4-6-13/h7-11,13H,2-6H2,1H3,(H,18,19,20). The molecule has 1 fully saturated rings. The van der Waals surface area contributed by atoms with Crippen LogP contribution < -0.4 is 10.1 Å². The number of nitro groups is 1. The van der Waals surface area contributed by atoms with Crippen molar-refractivity contribution in [1.29, 1.82) is 0 Å². The molecular weight excluding hydrogens is 308 g/mol. The van der Waals surface area contributed by atoms with Crippen molar-refractivity contribution in [2.45, 2.75) is 45.1 Å². The van der Waals surface area contributed by atoms with Gasteiger partial charge in [0.25, 0.3) is 0 Å². The maximum Gasteiger partial charge on any atom is 0.373 e. The molecule has 1 aromatic heterocycles. The molecule has 24 heavy (non-hydrogen) atoms. The van der Waals surface area contributed by atoms with Gasteiger partial charge in [0.1, 0.15) is 12.1 Å². The van der Waals surface area contributed by atoms with Crippen molar-refractivity contribution < 1.29 is 9.66 Å². The average Bonchev–Trinajstić information content (AvgIpc) is 3.08. The van der Waals surface area contributed by atoms with Crippen LogP contribution in [0.25, 0.3) is 0 Å². The van der Waals surface area contributed by atoms with Crippen LogP contribution in [0, 0.1) is 10.1 Å².